The van der Waals surface area contributed by atoms with E-state index in [-0.39, 0.29) is 24.5 Å². The van der Waals surface area contributed by atoms with Crippen LogP contribution in [0.4, 0.5) is 0 Å². The van der Waals surface area contributed by atoms with Gasteiger partial charge < -0.3 is 15.2 Å². The summed E-state index contributed by atoms with van der Waals surface area (Å²) in [6.45, 7) is 6.68. The molecule has 0 spiro atoms. The van der Waals surface area contributed by atoms with Crippen molar-refractivity contribution in [3.05, 3.63) is 29.8 Å². The molecule has 0 heterocycles. The third-order valence-electron chi connectivity index (χ3n) is 2.96. The van der Waals surface area contributed by atoms with Crippen molar-refractivity contribution in [2.75, 3.05) is 13.2 Å². The van der Waals surface area contributed by atoms with Gasteiger partial charge in [0.1, 0.15) is 5.75 Å². The fourth-order valence-electron chi connectivity index (χ4n) is 1.86. The van der Waals surface area contributed by atoms with Crippen LogP contribution in [0.2, 0.25) is 0 Å². The van der Waals surface area contributed by atoms with Gasteiger partial charge in [-0.15, -0.1) is 0 Å². The predicted molar refractivity (Wildman–Crippen MR) is 79.8 cm³/mol. The maximum absolute atomic E-state index is 11.9. The smallest absolute Gasteiger partial charge is 0.224 e. The minimum Gasteiger partial charge on any atom is -0.491 e. The van der Waals surface area contributed by atoms with E-state index in [1.807, 2.05) is 45.0 Å². The lowest BCUT2D eigenvalue weighted by atomic mass is 10.1. The van der Waals surface area contributed by atoms with Gasteiger partial charge in [-0.05, 0) is 32.3 Å². The van der Waals surface area contributed by atoms with Gasteiger partial charge in [-0.3, -0.25) is 4.79 Å². The van der Waals surface area contributed by atoms with Gasteiger partial charge in [0, 0.05) is 18.7 Å². The molecule has 1 aromatic carbocycles. The second kappa shape index (κ2) is 8.59. The number of hydrogen-bond donors (Lipinski definition) is 2. The third kappa shape index (κ3) is 6.06. The van der Waals surface area contributed by atoms with Crippen LogP contribution in [0.25, 0.3) is 0 Å². The Morgan fingerprint density at radius 3 is 2.65 bits per heavy atom. The van der Waals surface area contributed by atoms with Gasteiger partial charge in [0.15, 0.2) is 0 Å². The summed E-state index contributed by atoms with van der Waals surface area (Å²) < 4.78 is 5.70. The molecule has 112 valence electrons. The van der Waals surface area contributed by atoms with Crippen molar-refractivity contribution >= 4 is 5.91 Å². The van der Waals surface area contributed by atoms with Crippen molar-refractivity contribution in [2.24, 2.45) is 5.92 Å². The number of para-hydroxylation sites is 1. The number of aliphatic hydroxyl groups is 1. The van der Waals surface area contributed by atoms with Gasteiger partial charge in [0.25, 0.3) is 0 Å². The van der Waals surface area contributed by atoms with Crippen molar-refractivity contribution in [3.8, 4) is 5.75 Å². The van der Waals surface area contributed by atoms with Crippen LogP contribution in [0.1, 0.15) is 32.8 Å². The van der Waals surface area contributed by atoms with Crippen LogP contribution in [0.15, 0.2) is 24.3 Å². The molecule has 0 aliphatic rings. The highest BCUT2D eigenvalue weighted by atomic mass is 16.5. The number of aliphatic hydroxyl groups excluding tert-OH is 1. The van der Waals surface area contributed by atoms with E-state index in [0.717, 1.165) is 11.3 Å². The fraction of sp³-hybridized carbons (Fsp3) is 0.562. The lowest BCUT2D eigenvalue weighted by Crippen LogP contribution is -2.30. The molecule has 0 fully saturated rings. The Morgan fingerprint density at radius 2 is 2.00 bits per heavy atom. The topological polar surface area (TPSA) is 58.6 Å². The SMILES string of the molecule is CC(CCO)CNC(=O)Cc1ccccc1OC(C)C. The Hall–Kier alpha value is -1.55. The summed E-state index contributed by atoms with van der Waals surface area (Å²) >= 11 is 0. The van der Waals surface area contributed by atoms with Crippen LogP contribution in [-0.2, 0) is 11.2 Å². The number of hydrogen-bond acceptors (Lipinski definition) is 3. The molecule has 0 aliphatic carbocycles. The number of ether oxygens (including phenoxy) is 1. The second-order valence-corrected chi connectivity index (χ2v) is 5.37. The first kappa shape index (κ1) is 16.5. The van der Waals surface area contributed by atoms with Crippen molar-refractivity contribution in [2.45, 2.75) is 39.7 Å². The normalized spacial score (nSPS) is 12.2. The van der Waals surface area contributed by atoms with Gasteiger partial charge in [-0.1, -0.05) is 25.1 Å². The lowest BCUT2D eigenvalue weighted by Gasteiger charge is -2.15. The summed E-state index contributed by atoms with van der Waals surface area (Å²) in [5.41, 5.74) is 0.897. The quantitative estimate of drug-likeness (QED) is 0.766. The molecule has 4 nitrogen and oxygen atoms in total. The molecule has 20 heavy (non-hydrogen) atoms. The monoisotopic (exact) mass is 279 g/mol. The highest BCUT2D eigenvalue weighted by Gasteiger charge is 2.10. The number of carbonyl (C=O) groups is 1. The first-order chi connectivity index (χ1) is 9.52. The van der Waals surface area contributed by atoms with Crippen LogP contribution < -0.4 is 10.1 Å². The standard InChI is InChI=1S/C16H25NO3/c1-12(2)20-15-7-5-4-6-14(15)10-16(19)17-11-13(3)8-9-18/h4-7,12-13,18H,8-11H2,1-3H3,(H,17,19). The summed E-state index contributed by atoms with van der Waals surface area (Å²) in [4.78, 5) is 11.9. The Bertz CT molecular complexity index is 418. The van der Waals surface area contributed by atoms with Crippen LogP contribution in [0, 0.1) is 5.92 Å². The molecule has 2 N–H and O–H groups in total. The molecular weight excluding hydrogens is 254 g/mol. The fourth-order valence-corrected chi connectivity index (χ4v) is 1.86. The molecule has 0 aromatic heterocycles. The van der Waals surface area contributed by atoms with Crippen molar-refractivity contribution in [3.63, 3.8) is 0 Å². The summed E-state index contributed by atoms with van der Waals surface area (Å²) in [5, 5.41) is 11.7. The molecule has 1 aromatic rings. The number of benzene rings is 1. The summed E-state index contributed by atoms with van der Waals surface area (Å²) in [7, 11) is 0. The number of nitrogens with one attached hydrogen (secondary N) is 1. The van der Waals surface area contributed by atoms with Crippen molar-refractivity contribution < 1.29 is 14.6 Å². The van der Waals surface area contributed by atoms with E-state index in [4.69, 9.17) is 9.84 Å². The van der Waals surface area contributed by atoms with Gasteiger partial charge in [0.05, 0.1) is 12.5 Å². The third-order valence-corrected chi connectivity index (χ3v) is 2.96. The average Bonchev–Trinajstić information content (AvgIpc) is 2.38. The van der Waals surface area contributed by atoms with Gasteiger partial charge >= 0.3 is 0 Å². The zero-order valence-corrected chi connectivity index (χ0v) is 12.6. The number of amides is 1. The molecule has 1 rings (SSSR count). The van der Waals surface area contributed by atoms with Crippen LogP contribution in [-0.4, -0.2) is 30.3 Å². The molecule has 1 amide bonds. The maximum Gasteiger partial charge on any atom is 0.224 e. The van der Waals surface area contributed by atoms with Gasteiger partial charge in [-0.25, -0.2) is 0 Å². The summed E-state index contributed by atoms with van der Waals surface area (Å²) in [6.07, 6.45) is 1.10. The van der Waals surface area contributed by atoms with E-state index in [9.17, 15) is 4.79 Å². The van der Waals surface area contributed by atoms with E-state index in [1.165, 1.54) is 0 Å². The van der Waals surface area contributed by atoms with E-state index in [0.29, 0.717) is 19.4 Å². The van der Waals surface area contributed by atoms with Crippen LogP contribution >= 0.6 is 0 Å². The zero-order chi connectivity index (χ0) is 15.0. The molecule has 0 aliphatic heterocycles. The molecule has 1 atom stereocenters. The Morgan fingerprint density at radius 1 is 1.30 bits per heavy atom. The minimum atomic E-state index is -0.0189. The largest absolute Gasteiger partial charge is 0.491 e. The van der Waals surface area contributed by atoms with Crippen molar-refractivity contribution in [1.29, 1.82) is 0 Å². The molecule has 0 radical (unpaired) electrons. The van der Waals surface area contributed by atoms with Gasteiger partial charge in [0.2, 0.25) is 5.91 Å². The first-order valence-electron chi connectivity index (χ1n) is 7.15. The maximum atomic E-state index is 11.9. The second-order valence-electron chi connectivity index (χ2n) is 5.37. The number of carbonyl (C=O) groups excluding carboxylic acids is 1. The molecule has 0 saturated heterocycles. The number of rotatable bonds is 8. The highest BCUT2D eigenvalue weighted by molar-refractivity contribution is 5.79. The molecular formula is C16H25NO3. The highest BCUT2D eigenvalue weighted by Crippen LogP contribution is 2.19. The molecule has 4 heteroatoms. The van der Waals surface area contributed by atoms with Gasteiger partial charge in [-0.2, -0.15) is 0 Å². The van der Waals surface area contributed by atoms with E-state index in [2.05, 4.69) is 5.32 Å². The summed E-state index contributed by atoms with van der Waals surface area (Å²) in [5.74, 6) is 1.03. The first-order valence-corrected chi connectivity index (χ1v) is 7.15. The summed E-state index contributed by atoms with van der Waals surface area (Å²) in [6, 6.07) is 7.61. The van der Waals surface area contributed by atoms with E-state index < -0.39 is 0 Å². The Labute approximate surface area is 121 Å². The van der Waals surface area contributed by atoms with E-state index in [1.54, 1.807) is 0 Å². The average molecular weight is 279 g/mol. The molecule has 1 unspecified atom stereocenters. The van der Waals surface area contributed by atoms with Crippen LogP contribution in [0.5, 0.6) is 5.75 Å². The van der Waals surface area contributed by atoms with E-state index >= 15 is 0 Å². The Balaban J connectivity index is 2.53. The zero-order valence-electron chi connectivity index (χ0n) is 12.6. The minimum absolute atomic E-state index is 0.0189. The predicted octanol–water partition coefficient (Wildman–Crippen LogP) is 2.15. The van der Waals surface area contributed by atoms with Crippen LogP contribution in [0.3, 0.4) is 0 Å². The Kier molecular flexibility index (Phi) is 7.09. The molecule has 0 saturated carbocycles. The lowest BCUT2D eigenvalue weighted by molar-refractivity contribution is -0.120. The molecule has 0 bridgehead atoms. The van der Waals surface area contributed by atoms with Crippen molar-refractivity contribution in [1.82, 2.24) is 5.32 Å².